The molecule has 0 aromatic carbocycles. The quantitative estimate of drug-likeness (QED) is 0.587. The zero-order valence-corrected chi connectivity index (χ0v) is 11.2. The minimum Gasteiger partial charge on any atom is -0.481 e. The molecule has 0 bridgehead atoms. The normalized spacial score (nSPS) is 12.8. The van der Waals surface area contributed by atoms with Crippen molar-refractivity contribution in [2.24, 2.45) is 0 Å². The van der Waals surface area contributed by atoms with Gasteiger partial charge in [0.1, 0.15) is 6.04 Å². The number of aryl methyl sites for hydroxylation is 1. The van der Waals surface area contributed by atoms with Crippen LogP contribution < -0.4 is 4.72 Å². The Kier molecular flexibility index (Phi) is 5.59. The molecule has 1 aromatic heterocycles. The van der Waals surface area contributed by atoms with Gasteiger partial charge in [-0.25, -0.2) is 13.1 Å². The van der Waals surface area contributed by atoms with Crippen molar-refractivity contribution in [2.45, 2.75) is 18.9 Å². The average molecular weight is 302 g/mol. The minimum absolute atomic E-state index is 0.178. The van der Waals surface area contributed by atoms with Gasteiger partial charge in [0.15, 0.2) is 0 Å². The highest BCUT2D eigenvalue weighted by atomic mass is 32.2. The van der Waals surface area contributed by atoms with Gasteiger partial charge in [0.25, 0.3) is 0 Å². The van der Waals surface area contributed by atoms with E-state index in [4.69, 9.17) is 10.2 Å². The first-order valence-corrected chi connectivity index (χ1v) is 7.29. The third-order valence-corrected chi connectivity index (χ3v) is 3.79. The molecule has 1 atom stereocenters. The second-order valence-electron chi connectivity index (χ2n) is 4.03. The zero-order valence-electron chi connectivity index (χ0n) is 10.4. The summed E-state index contributed by atoms with van der Waals surface area (Å²) in [5.74, 6) is -3.26. The molecule has 3 N–H and O–H groups in total. The van der Waals surface area contributed by atoms with Gasteiger partial charge in [-0.05, 0) is 24.1 Å². The molecule has 0 saturated heterocycles. The molecule has 1 heterocycles. The maximum absolute atomic E-state index is 11.7. The summed E-state index contributed by atoms with van der Waals surface area (Å²) in [6.07, 6.45) is 2.39. The van der Waals surface area contributed by atoms with Crippen molar-refractivity contribution in [3.63, 3.8) is 0 Å². The Labute approximate surface area is 115 Å². The average Bonchev–Trinajstić information content (AvgIpc) is 2.36. The van der Waals surface area contributed by atoms with Crippen LogP contribution in [-0.2, 0) is 26.0 Å². The molecule has 0 saturated carbocycles. The first-order chi connectivity index (χ1) is 9.30. The molecule has 9 heteroatoms. The molecule has 0 aliphatic rings. The first kappa shape index (κ1) is 16.1. The minimum atomic E-state index is -3.88. The number of carboxylic acid groups (broad SMARTS) is 2. The van der Waals surface area contributed by atoms with Crippen LogP contribution >= 0.6 is 0 Å². The summed E-state index contributed by atoms with van der Waals surface area (Å²) < 4.78 is 25.3. The number of hydrogen-bond acceptors (Lipinski definition) is 5. The van der Waals surface area contributed by atoms with Crippen molar-refractivity contribution in [3.8, 4) is 0 Å². The predicted molar refractivity (Wildman–Crippen MR) is 68.5 cm³/mol. The number of rotatable bonds is 8. The number of nitrogens with one attached hydrogen (secondary N) is 1. The molecular weight excluding hydrogens is 288 g/mol. The van der Waals surface area contributed by atoms with Crippen LogP contribution in [-0.4, -0.2) is 47.3 Å². The van der Waals surface area contributed by atoms with Crippen LogP contribution in [0, 0.1) is 0 Å². The van der Waals surface area contributed by atoms with Gasteiger partial charge in [0.2, 0.25) is 10.0 Å². The Morgan fingerprint density at radius 2 is 1.85 bits per heavy atom. The van der Waals surface area contributed by atoms with Crippen molar-refractivity contribution in [1.82, 2.24) is 9.71 Å². The third kappa shape index (κ3) is 5.76. The first-order valence-electron chi connectivity index (χ1n) is 5.63. The van der Waals surface area contributed by atoms with E-state index in [2.05, 4.69) is 4.98 Å². The lowest BCUT2D eigenvalue weighted by Gasteiger charge is -2.12. The Bertz CT molecular complexity index is 572. The van der Waals surface area contributed by atoms with Gasteiger partial charge >= 0.3 is 11.9 Å². The summed E-state index contributed by atoms with van der Waals surface area (Å²) in [7, 11) is -3.88. The molecule has 20 heavy (non-hydrogen) atoms. The van der Waals surface area contributed by atoms with E-state index in [0.717, 1.165) is 5.56 Å². The molecule has 0 radical (unpaired) electrons. The highest BCUT2D eigenvalue weighted by Gasteiger charge is 2.26. The number of carbonyl (C=O) groups is 2. The van der Waals surface area contributed by atoms with Crippen LogP contribution in [0.25, 0.3) is 0 Å². The number of carboxylic acids is 2. The Balaban J connectivity index is 2.63. The summed E-state index contributed by atoms with van der Waals surface area (Å²) in [4.78, 5) is 25.0. The SMILES string of the molecule is O=C(O)C[C@@H](NS(=O)(=O)CCc1ccncc1)C(=O)O. The Hall–Kier alpha value is -2.00. The zero-order chi connectivity index (χ0) is 15.2. The lowest BCUT2D eigenvalue weighted by Crippen LogP contribution is -2.43. The van der Waals surface area contributed by atoms with Gasteiger partial charge in [-0.15, -0.1) is 0 Å². The van der Waals surface area contributed by atoms with E-state index >= 15 is 0 Å². The fraction of sp³-hybridized carbons (Fsp3) is 0.364. The van der Waals surface area contributed by atoms with Crippen LogP contribution in [0.2, 0.25) is 0 Å². The second kappa shape index (κ2) is 6.96. The van der Waals surface area contributed by atoms with E-state index in [1.54, 1.807) is 12.1 Å². The number of sulfonamides is 1. The molecule has 0 aliphatic heterocycles. The smallest absolute Gasteiger partial charge is 0.322 e. The van der Waals surface area contributed by atoms with Gasteiger partial charge in [0.05, 0.1) is 12.2 Å². The van der Waals surface area contributed by atoms with Gasteiger partial charge in [-0.2, -0.15) is 0 Å². The summed E-state index contributed by atoms with van der Waals surface area (Å²) in [5.41, 5.74) is 0.732. The molecule has 1 aromatic rings. The number of hydrogen-bond donors (Lipinski definition) is 3. The van der Waals surface area contributed by atoms with Gasteiger partial charge in [0, 0.05) is 12.4 Å². The molecule has 0 amide bonds. The summed E-state index contributed by atoms with van der Waals surface area (Å²) in [6.45, 7) is 0. The molecule has 0 aliphatic carbocycles. The van der Waals surface area contributed by atoms with E-state index in [-0.39, 0.29) is 12.2 Å². The van der Waals surface area contributed by atoms with Crippen LogP contribution in [0.4, 0.5) is 0 Å². The van der Waals surface area contributed by atoms with Crippen molar-refractivity contribution in [1.29, 1.82) is 0 Å². The number of aromatic nitrogens is 1. The van der Waals surface area contributed by atoms with E-state index in [1.807, 2.05) is 4.72 Å². The molecule has 1 rings (SSSR count). The molecule has 110 valence electrons. The number of pyridine rings is 1. The maximum Gasteiger partial charge on any atom is 0.322 e. The topological polar surface area (TPSA) is 134 Å². The second-order valence-corrected chi connectivity index (χ2v) is 5.90. The lowest BCUT2D eigenvalue weighted by atomic mass is 10.2. The molecule has 0 unspecified atom stereocenters. The van der Waals surface area contributed by atoms with Crippen LogP contribution in [0.1, 0.15) is 12.0 Å². The van der Waals surface area contributed by atoms with E-state index in [0.29, 0.717) is 0 Å². The van der Waals surface area contributed by atoms with Crippen molar-refractivity contribution >= 4 is 22.0 Å². The molecular formula is C11H14N2O6S. The summed E-state index contributed by atoms with van der Waals surface area (Å²) in [5, 5.41) is 17.3. The fourth-order valence-electron chi connectivity index (χ4n) is 1.43. The summed E-state index contributed by atoms with van der Waals surface area (Å²) >= 11 is 0. The lowest BCUT2D eigenvalue weighted by molar-refractivity contribution is -0.145. The van der Waals surface area contributed by atoms with Gasteiger partial charge in [-0.1, -0.05) is 0 Å². The highest BCUT2D eigenvalue weighted by molar-refractivity contribution is 7.89. The standard InChI is InChI=1S/C11H14N2O6S/c14-10(15)7-9(11(16)17)13-20(18,19)6-3-8-1-4-12-5-2-8/h1-2,4-5,9,13H,3,6-7H2,(H,14,15)(H,16,17)/t9-/m1/s1. The van der Waals surface area contributed by atoms with Crippen molar-refractivity contribution in [2.75, 3.05) is 5.75 Å². The predicted octanol–water partition coefficient (Wildman–Crippen LogP) is -0.529. The monoisotopic (exact) mass is 302 g/mol. The van der Waals surface area contributed by atoms with Gasteiger partial charge < -0.3 is 10.2 Å². The molecule has 0 fully saturated rings. The molecule has 0 spiro atoms. The van der Waals surface area contributed by atoms with E-state index in [9.17, 15) is 18.0 Å². The number of nitrogens with zero attached hydrogens (tertiary/aromatic N) is 1. The molecule has 8 nitrogen and oxygen atoms in total. The van der Waals surface area contributed by atoms with Crippen molar-refractivity contribution < 1.29 is 28.2 Å². The van der Waals surface area contributed by atoms with E-state index < -0.39 is 34.4 Å². The Morgan fingerprint density at radius 3 is 2.35 bits per heavy atom. The van der Waals surface area contributed by atoms with Crippen molar-refractivity contribution in [3.05, 3.63) is 30.1 Å². The van der Waals surface area contributed by atoms with Crippen LogP contribution in [0.15, 0.2) is 24.5 Å². The van der Waals surface area contributed by atoms with E-state index in [1.165, 1.54) is 12.4 Å². The largest absolute Gasteiger partial charge is 0.481 e. The fourth-order valence-corrected chi connectivity index (χ4v) is 2.67. The maximum atomic E-state index is 11.7. The highest BCUT2D eigenvalue weighted by Crippen LogP contribution is 2.02. The summed E-state index contributed by atoms with van der Waals surface area (Å²) in [6, 6.07) is 1.61. The third-order valence-electron chi connectivity index (χ3n) is 2.41. The Morgan fingerprint density at radius 1 is 1.25 bits per heavy atom. The van der Waals surface area contributed by atoms with Crippen LogP contribution in [0.3, 0.4) is 0 Å². The van der Waals surface area contributed by atoms with Gasteiger partial charge in [-0.3, -0.25) is 14.6 Å². The number of aliphatic carboxylic acids is 2. The van der Waals surface area contributed by atoms with Crippen LogP contribution in [0.5, 0.6) is 0 Å².